The van der Waals surface area contributed by atoms with Crippen LogP contribution in [0.2, 0.25) is 0 Å². The first-order valence-electron chi connectivity index (χ1n) is 7.71. The van der Waals surface area contributed by atoms with E-state index in [-0.39, 0.29) is 5.56 Å². The van der Waals surface area contributed by atoms with Gasteiger partial charge in [0.05, 0.1) is 22.3 Å². The van der Waals surface area contributed by atoms with Crippen molar-refractivity contribution in [1.29, 1.82) is 0 Å². The standard InChI is InChI=1S/C18H14N4O2S/c1-12-20-21-16(24-12)11-25-18-19-15-10-6-5-9-14(15)17(23)22(18)13-7-3-2-4-8-13/h2-10H,11H2,1H3. The summed E-state index contributed by atoms with van der Waals surface area (Å²) in [7, 11) is 0. The predicted octanol–water partition coefficient (Wildman–Crippen LogP) is 3.37. The molecule has 0 aliphatic heterocycles. The van der Waals surface area contributed by atoms with Crippen LogP contribution in [0.4, 0.5) is 0 Å². The van der Waals surface area contributed by atoms with Crippen molar-refractivity contribution in [2.24, 2.45) is 0 Å². The molecule has 0 saturated heterocycles. The molecule has 0 spiro atoms. The number of benzene rings is 2. The van der Waals surface area contributed by atoms with E-state index in [0.29, 0.717) is 33.6 Å². The van der Waals surface area contributed by atoms with Gasteiger partial charge in [0, 0.05) is 6.92 Å². The minimum Gasteiger partial charge on any atom is -0.425 e. The van der Waals surface area contributed by atoms with Gasteiger partial charge in [-0.05, 0) is 24.3 Å². The van der Waals surface area contributed by atoms with Crippen LogP contribution in [-0.4, -0.2) is 19.7 Å². The zero-order valence-electron chi connectivity index (χ0n) is 13.4. The maximum atomic E-state index is 13.0. The van der Waals surface area contributed by atoms with Crippen molar-refractivity contribution in [1.82, 2.24) is 19.7 Å². The zero-order valence-corrected chi connectivity index (χ0v) is 14.2. The van der Waals surface area contributed by atoms with Crippen LogP contribution in [0, 0.1) is 6.92 Å². The van der Waals surface area contributed by atoms with E-state index in [1.165, 1.54) is 11.8 Å². The second kappa shape index (κ2) is 6.52. The van der Waals surface area contributed by atoms with Crippen molar-refractivity contribution < 1.29 is 4.42 Å². The molecule has 2 heterocycles. The van der Waals surface area contributed by atoms with Gasteiger partial charge in [-0.15, -0.1) is 10.2 Å². The molecule has 6 nitrogen and oxygen atoms in total. The highest BCUT2D eigenvalue weighted by Gasteiger charge is 2.14. The summed E-state index contributed by atoms with van der Waals surface area (Å²) in [6, 6.07) is 16.8. The molecule has 0 saturated carbocycles. The summed E-state index contributed by atoms with van der Waals surface area (Å²) in [5.41, 5.74) is 1.35. The summed E-state index contributed by atoms with van der Waals surface area (Å²) >= 11 is 1.39. The van der Waals surface area contributed by atoms with Crippen LogP contribution in [0.25, 0.3) is 16.6 Å². The first-order valence-corrected chi connectivity index (χ1v) is 8.70. The summed E-state index contributed by atoms with van der Waals surface area (Å²) in [6.07, 6.45) is 0. The molecule has 0 radical (unpaired) electrons. The quantitative estimate of drug-likeness (QED) is 0.415. The highest BCUT2D eigenvalue weighted by atomic mass is 32.2. The van der Waals surface area contributed by atoms with Crippen molar-refractivity contribution in [2.75, 3.05) is 0 Å². The highest BCUT2D eigenvalue weighted by Crippen LogP contribution is 2.24. The highest BCUT2D eigenvalue weighted by molar-refractivity contribution is 7.98. The van der Waals surface area contributed by atoms with E-state index in [1.54, 1.807) is 17.6 Å². The van der Waals surface area contributed by atoms with Crippen molar-refractivity contribution in [3.05, 3.63) is 76.7 Å². The van der Waals surface area contributed by atoms with E-state index < -0.39 is 0 Å². The molecule has 4 aromatic rings. The van der Waals surface area contributed by atoms with Crippen LogP contribution < -0.4 is 5.56 Å². The van der Waals surface area contributed by atoms with Crippen molar-refractivity contribution in [3.63, 3.8) is 0 Å². The number of para-hydroxylation sites is 2. The zero-order chi connectivity index (χ0) is 17.2. The summed E-state index contributed by atoms with van der Waals surface area (Å²) in [4.78, 5) is 17.7. The maximum absolute atomic E-state index is 13.0. The van der Waals surface area contributed by atoms with Gasteiger partial charge in [0.15, 0.2) is 5.16 Å². The number of aromatic nitrogens is 4. The Labute approximate surface area is 147 Å². The van der Waals surface area contributed by atoms with Gasteiger partial charge in [0.1, 0.15) is 0 Å². The molecular weight excluding hydrogens is 336 g/mol. The van der Waals surface area contributed by atoms with Gasteiger partial charge in [0.2, 0.25) is 11.8 Å². The number of nitrogens with zero attached hydrogens (tertiary/aromatic N) is 4. The molecule has 0 N–H and O–H groups in total. The van der Waals surface area contributed by atoms with Crippen LogP contribution in [0.1, 0.15) is 11.8 Å². The molecule has 2 aromatic carbocycles. The van der Waals surface area contributed by atoms with E-state index in [1.807, 2.05) is 48.5 Å². The molecule has 0 amide bonds. The first-order chi connectivity index (χ1) is 12.2. The van der Waals surface area contributed by atoms with Gasteiger partial charge in [-0.1, -0.05) is 42.1 Å². The molecule has 0 fully saturated rings. The fraction of sp³-hybridized carbons (Fsp3) is 0.111. The summed E-state index contributed by atoms with van der Waals surface area (Å²) in [5.74, 6) is 1.46. The number of fused-ring (bicyclic) bond motifs is 1. The average molecular weight is 350 g/mol. The van der Waals surface area contributed by atoms with E-state index in [0.717, 1.165) is 5.69 Å². The lowest BCUT2D eigenvalue weighted by Gasteiger charge is -2.12. The third kappa shape index (κ3) is 3.06. The van der Waals surface area contributed by atoms with Gasteiger partial charge in [-0.3, -0.25) is 9.36 Å². The first kappa shape index (κ1) is 15.6. The van der Waals surface area contributed by atoms with Crippen LogP contribution in [0.5, 0.6) is 0 Å². The molecule has 0 unspecified atom stereocenters. The Bertz CT molecular complexity index is 1090. The normalized spacial score (nSPS) is 11.1. The monoisotopic (exact) mass is 350 g/mol. The number of rotatable bonds is 4. The molecular formula is C18H14N4O2S. The molecule has 0 aliphatic rings. The number of aryl methyl sites for hydroxylation is 1. The molecule has 7 heteroatoms. The summed E-state index contributed by atoms with van der Waals surface area (Å²) in [6.45, 7) is 1.75. The van der Waals surface area contributed by atoms with E-state index in [2.05, 4.69) is 15.2 Å². The Morgan fingerprint density at radius 2 is 1.80 bits per heavy atom. The minimum absolute atomic E-state index is 0.0963. The second-order valence-corrected chi connectivity index (χ2v) is 6.33. The van der Waals surface area contributed by atoms with Gasteiger partial charge in [-0.2, -0.15) is 0 Å². The fourth-order valence-electron chi connectivity index (χ4n) is 2.54. The molecule has 0 bridgehead atoms. The minimum atomic E-state index is -0.0963. The lowest BCUT2D eigenvalue weighted by Crippen LogP contribution is -2.21. The van der Waals surface area contributed by atoms with Gasteiger partial charge < -0.3 is 4.42 Å². The molecule has 0 atom stereocenters. The number of hydrogen-bond donors (Lipinski definition) is 0. The third-order valence-electron chi connectivity index (χ3n) is 3.65. The number of hydrogen-bond acceptors (Lipinski definition) is 6. The predicted molar refractivity (Wildman–Crippen MR) is 95.9 cm³/mol. The molecule has 0 aliphatic carbocycles. The largest absolute Gasteiger partial charge is 0.425 e. The van der Waals surface area contributed by atoms with Crippen LogP contribution in [-0.2, 0) is 5.75 Å². The van der Waals surface area contributed by atoms with Gasteiger partial charge in [-0.25, -0.2) is 4.98 Å². The molecule has 25 heavy (non-hydrogen) atoms. The second-order valence-electron chi connectivity index (χ2n) is 5.39. The van der Waals surface area contributed by atoms with Crippen LogP contribution >= 0.6 is 11.8 Å². The Balaban J connectivity index is 1.84. The van der Waals surface area contributed by atoms with Crippen molar-refractivity contribution in [2.45, 2.75) is 17.8 Å². The third-order valence-corrected chi connectivity index (χ3v) is 4.58. The lowest BCUT2D eigenvalue weighted by molar-refractivity contribution is 0.485. The van der Waals surface area contributed by atoms with E-state index >= 15 is 0 Å². The number of thioether (sulfide) groups is 1. The Hall–Kier alpha value is -2.93. The SMILES string of the molecule is Cc1nnc(CSc2nc3ccccc3c(=O)n2-c2ccccc2)o1. The van der Waals surface area contributed by atoms with Crippen molar-refractivity contribution in [3.8, 4) is 5.69 Å². The average Bonchev–Trinajstić information content (AvgIpc) is 3.06. The smallest absolute Gasteiger partial charge is 0.266 e. The maximum Gasteiger partial charge on any atom is 0.266 e. The van der Waals surface area contributed by atoms with Crippen LogP contribution in [0.3, 0.4) is 0 Å². The molecule has 124 valence electrons. The Kier molecular flexibility index (Phi) is 4.07. The summed E-state index contributed by atoms with van der Waals surface area (Å²) in [5, 5.41) is 9.00. The summed E-state index contributed by atoms with van der Waals surface area (Å²) < 4.78 is 7.03. The Morgan fingerprint density at radius 1 is 1.04 bits per heavy atom. The van der Waals surface area contributed by atoms with Crippen LogP contribution in [0.15, 0.2) is 69.0 Å². The van der Waals surface area contributed by atoms with Gasteiger partial charge in [0.25, 0.3) is 5.56 Å². The van der Waals surface area contributed by atoms with E-state index in [4.69, 9.17) is 4.42 Å². The Morgan fingerprint density at radius 3 is 2.56 bits per heavy atom. The van der Waals surface area contributed by atoms with E-state index in [9.17, 15) is 4.79 Å². The van der Waals surface area contributed by atoms with Crippen molar-refractivity contribution >= 4 is 22.7 Å². The topological polar surface area (TPSA) is 73.8 Å². The fourth-order valence-corrected chi connectivity index (χ4v) is 3.39. The molecule has 2 aromatic heterocycles. The lowest BCUT2D eigenvalue weighted by atomic mass is 10.2. The van der Waals surface area contributed by atoms with Gasteiger partial charge >= 0.3 is 0 Å². The molecule has 4 rings (SSSR count).